The van der Waals surface area contributed by atoms with Crippen molar-refractivity contribution in [3.05, 3.63) is 0 Å². The van der Waals surface area contributed by atoms with Crippen molar-refractivity contribution in [3.8, 4) is 0 Å². The largest absolute Gasteiger partial charge is 0.356 e. The minimum absolute atomic E-state index is 0. The van der Waals surface area contributed by atoms with E-state index in [-0.39, 0.29) is 24.0 Å². The van der Waals surface area contributed by atoms with Crippen LogP contribution >= 0.6 is 24.0 Å². The molecule has 2 aliphatic rings. The van der Waals surface area contributed by atoms with E-state index in [9.17, 15) is 0 Å². The van der Waals surface area contributed by atoms with Gasteiger partial charge in [0.2, 0.25) is 0 Å². The van der Waals surface area contributed by atoms with E-state index in [1.54, 1.807) is 0 Å². The van der Waals surface area contributed by atoms with E-state index in [1.807, 2.05) is 7.05 Å². The summed E-state index contributed by atoms with van der Waals surface area (Å²) >= 11 is 0. The van der Waals surface area contributed by atoms with Gasteiger partial charge in [-0.1, -0.05) is 19.3 Å². The topological polar surface area (TPSA) is 39.7 Å². The van der Waals surface area contributed by atoms with Crippen molar-refractivity contribution in [2.24, 2.45) is 4.99 Å². The highest BCUT2D eigenvalue weighted by Crippen LogP contribution is 2.17. The number of aliphatic imine (C=N–C) groups is 1. The Morgan fingerprint density at radius 3 is 2.45 bits per heavy atom. The van der Waals surface area contributed by atoms with Crippen molar-refractivity contribution in [1.29, 1.82) is 0 Å². The first-order valence-corrected chi connectivity index (χ1v) is 8.08. The van der Waals surface area contributed by atoms with Crippen LogP contribution in [0.1, 0.15) is 51.4 Å². The van der Waals surface area contributed by atoms with Crippen LogP contribution in [0, 0.1) is 0 Å². The number of rotatable bonds is 5. The maximum absolute atomic E-state index is 4.33. The van der Waals surface area contributed by atoms with Gasteiger partial charge in [-0.2, -0.15) is 0 Å². The van der Waals surface area contributed by atoms with Gasteiger partial charge in [0.05, 0.1) is 0 Å². The van der Waals surface area contributed by atoms with Gasteiger partial charge in [-0.3, -0.25) is 4.99 Å². The molecule has 0 aromatic rings. The lowest BCUT2D eigenvalue weighted by atomic mass is 9.96. The summed E-state index contributed by atoms with van der Waals surface area (Å²) in [6.45, 7) is 4.86. The first-order valence-electron chi connectivity index (χ1n) is 8.08. The number of hydrogen-bond donors (Lipinski definition) is 2. The quantitative estimate of drug-likeness (QED) is 0.326. The summed E-state index contributed by atoms with van der Waals surface area (Å²) in [5.74, 6) is 0.994. The van der Waals surface area contributed by atoms with Gasteiger partial charge >= 0.3 is 0 Å². The normalized spacial score (nSPS) is 21.6. The molecule has 2 N–H and O–H groups in total. The number of halogens is 1. The Hall–Kier alpha value is -0.0400. The molecular formula is C15H31IN4. The summed E-state index contributed by atoms with van der Waals surface area (Å²) in [5, 5.41) is 7.01. The van der Waals surface area contributed by atoms with Crippen LogP contribution in [0.3, 0.4) is 0 Å². The van der Waals surface area contributed by atoms with E-state index in [4.69, 9.17) is 0 Å². The van der Waals surface area contributed by atoms with Gasteiger partial charge in [0.1, 0.15) is 0 Å². The fourth-order valence-corrected chi connectivity index (χ4v) is 3.15. The molecule has 0 radical (unpaired) electrons. The summed E-state index contributed by atoms with van der Waals surface area (Å²) in [6.07, 6.45) is 10.7. The molecule has 2 rings (SSSR count). The molecule has 1 aliphatic heterocycles. The minimum Gasteiger partial charge on any atom is -0.356 e. The molecule has 0 aromatic heterocycles. The van der Waals surface area contributed by atoms with Crippen molar-refractivity contribution in [1.82, 2.24) is 15.5 Å². The van der Waals surface area contributed by atoms with Crippen molar-refractivity contribution in [3.63, 3.8) is 0 Å². The van der Waals surface area contributed by atoms with Crippen LogP contribution in [0.4, 0.5) is 0 Å². The fraction of sp³-hybridized carbons (Fsp3) is 0.933. The Morgan fingerprint density at radius 2 is 1.80 bits per heavy atom. The van der Waals surface area contributed by atoms with Crippen molar-refractivity contribution >= 4 is 29.9 Å². The van der Waals surface area contributed by atoms with E-state index in [0.717, 1.165) is 12.5 Å². The molecule has 5 heteroatoms. The Labute approximate surface area is 141 Å². The molecule has 1 saturated carbocycles. The van der Waals surface area contributed by atoms with E-state index >= 15 is 0 Å². The van der Waals surface area contributed by atoms with Crippen LogP contribution < -0.4 is 10.6 Å². The highest BCUT2D eigenvalue weighted by Gasteiger charge is 2.14. The predicted molar refractivity (Wildman–Crippen MR) is 97.1 cm³/mol. The minimum atomic E-state index is 0. The van der Waals surface area contributed by atoms with Crippen molar-refractivity contribution in [2.45, 2.75) is 57.4 Å². The van der Waals surface area contributed by atoms with Gasteiger partial charge in [-0.15, -0.1) is 24.0 Å². The second-order valence-electron chi connectivity index (χ2n) is 5.88. The van der Waals surface area contributed by atoms with Gasteiger partial charge in [0.15, 0.2) is 5.96 Å². The zero-order chi connectivity index (χ0) is 13.3. The fourth-order valence-electron chi connectivity index (χ4n) is 3.15. The van der Waals surface area contributed by atoms with Gasteiger partial charge < -0.3 is 15.5 Å². The molecule has 20 heavy (non-hydrogen) atoms. The molecule has 0 spiro atoms. The summed E-state index contributed by atoms with van der Waals surface area (Å²) in [5.41, 5.74) is 0. The molecule has 2 fully saturated rings. The monoisotopic (exact) mass is 394 g/mol. The second-order valence-corrected chi connectivity index (χ2v) is 5.88. The van der Waals surface area contributed by atoms with Crippen LogP contribution in [0.15, 0.2) is 4.99 Å². The molecule has 1 heterocycles. The lowest BCUT2D eigenvalue weighted by Gasteiger charge is -2.25. The maximum atomic E-state index is 4.33. The summed E-state index contributed by atoms with van der Waals surface area (Å²) in [6, 6.07) is 0.638. The molecule has 4 nitrogen and oxygen atoms in total. The molecule has 0 amide bonds. The van der Waals surface area contributed by atoms with Gasteiger partial charge in [0.25, 0.3) is 0 Å². The highest BCUT2D eigenvalue weighted by atomic mass is 127. The third-order valence-corrected chi connectivity index (χ3v) is 4.31. The third-order valence-electron chi connectivity index (χ3n) is 4.31. The highest BCUT2D eigenvalue weighted by molar-refractivity contribution is 14.0. The van der Waals surface area contributed by atoms with Gasteiger partial charge in [-0.25, -0.2) is 0 Å². The van der Waals surface area contributed by atoms with Crippen LogP contribution in [-0.4, -0.2) is 50.1 Å². The van der Waals surface area contributed by atoms with E-state index in [0.29, 0.717) is 6.04 Å². The van der Waals surface area contributed by atoms with Crippen molar-refractivity contribution in [2.75, 3.05) is 33.2 Å². The molecule has 118 valence electrons. The number of nitrogens with zero attached hydrogens (tertiary/aromatic N) is 2. The molecular weight excluding hydrogens is 363 g/mol. The molecule has 0 aromatic carbocycles. The Balaban J connectivity index is 0.00000200. The van der Waals surface area contributed by atoms with Gasteiger partial charge in [-0.05, 0) is 51.7 Å². The summed E-state index contributed by atoms with van der Waals surface area (Å²) in [7, 11) is 1.87. The number of nitrogens with one attached hydrogen (secondary N) is 2. The number of hydrogen-bond acceptors (Lipinski definition) is 2. The predicted octanol–water partition coefficient (Wildman–Crippen LogP) is 2.59. The first kappa shape index (κ1) is 18.0. The number of likely N-dealkylation sites (tertiary alicyclic amines) is 1. The number of guanidine groups is 1. The Kier molecular flexibility index (Phi) is 9.59. The van der Waals surface area contributed by atoms with E-state index in [2.05, 4.69) is 20.5 Å². The maximum Gasteiger partial charge on any atom is 0.191 e. The average molecular weight is 394 g/mol. The third kappa shape index (κ3) is 6.61. The standard InChI is InChI=1S/C15H30N4.HI/c1-16-15(18-14-8-3-2-4-9-14)17-10-7-13-19-11-5-6-12-19;/h14H,2-13H2,1H3,(H2,16,17,18);1H. The van der Waals surface area contributed by atoms with Crippen LogP contribution in [0.5, 0.6) is 0 Å². The summed E-state index contributed by atoms with van der Waals surface area (Å²) in [4.78, 5) is 6.90. The molecule has 1 saturated heterocycles. The smallest absolute Gasteiger partial charge is 0.191 e. The summed E-state index contributed by atoms with van der Waals surface area (Å²) < 4.78 is 0. The van der Waals surface area contributed by atoms with Crippen LogP contribution in [0.25, 0.3) is 0 Å². The Bertz CT molecular complexity index is 271. The molecule has 1 aliphatic carbocycles. The SMILES string of the molecule is CN=C(NCCCN1CCCC1)NC1CCCCC1.I. The van der Waals surface area contributed by atoms with E-state index in [1.165, 1.54) is 71.0 Å². The van der Waals surface area contributed by atoms with Crippen LogP contribution in [0.2, 0.25) is 0 Å². The van der Waals surface area contributed by atoms with E-state index < -0.39 is 0 Å². The molecule has 0 atom stereocenters. The Morgan fingerprint density at radius 1 is 1.10 bits per heavy atom. The van der Waals surface area contributed by atoms with Gasteiger partial charge in [0, 0.05) is 19.6 Å². The zero-order valence-electron chi connectivity index (χ0n) is 12.9. The van der Waals surface area contributed by atoms with Crippen LogP contribution in [-0.2, 0) is 0 Å². The second kappa shape index (κ2) is 10.7. The average Bonchev–Trinajstić information content (AvgIpc) is 2.96. The van der Waals surface area contributed by atoms with Crippen molar-refractivity contribution < 1.29 is 0 Å². The first-order chi connectivity index (χ1) is 9.38. The lowest BCUT2D eigenvalue weighted by molar-refractivity contribution is 0.333. The molecule has 0 bridgehead atoms. The zero-order valence-corrected chi connectivity index (χ0v) is 15.2. The lowest BCUT2D eigenvalue weighted by Crippen LogP contribution is -2.44. The molecule has 0 unspecified atom stereocenters.